The Labute approximate surface area is 176 Å². The number of likely N-dealkylation sites (tertiary alicyclic amines) is 1. The van der Waals surface area contributed by atoms with Crippen LogP contribution >= 0.6 is 0 Å². The van der Waals surface area contributed by atoms with Gasteiger partial charge >= 0.3 is 0 Å². The minimum absolute atomic E-state index is 0.254. The van der Waals surface area contributed by atoms with Crippen molar-refractivity contribution < 1.29 is 19.0 Å². The molecule has 1 aliphatic rings. The van der Waals surface area contributed by atoms with Crippen LogP contribution in [0.2, 0.25) is 0 Å². The number of aryl methyl sites for hydroxylation is 1. The molecule has 0 atom stereocenters. The fourth-order valence-corrected chi connectivity index (χ4v) is 3.42. The maximum atomic E-state index is 11.7. The predicted molar refractivity (Wildman–Crippen MR) is 115 cm³/mol. The molecule has 0 radical (unpaired) electrons. The number of carbonyl (C=O) groups is 1. The van der Waals surface area contributed by atoms with Crippen molar-refractivity contribution in [3.63, 3.8) is 0 Å². The molecule has 0 saturated carbocycles. The summed E-state index contributed by atoms with van der Waals surface area (Å²) < 4.78 is 16.1. The molecule has 1 aromatic carbocycles. The van der Waals surface area contributed by atoms with E-state index in [4.69, 9.17) is 14.2 Å². The normalized spacial score (nSPS) is 13.3. The van der Waals surface area contributed by atoms with Crippen molar-refractivity contribution in [2.24, 2.45) is 0 Å². The molecule has 9 heteroatoms. The van der Waals surface area contributed by atoms with Crippen molar-refractivity contribution in [3.05, 3.63) is 23.9 Å². The van der Waals surface area contributed by atoms with E-state index in [-0.39, 0.29) is 5.91 Å². The van der Waals surface area contributed by atoms with Gasteiger partial charge in [-0.05, 0) is 19.8 Å². The van der Waals surface area contributed by atoms with Gasteiger partial charge < -0.3 is 29.7 Å². The molecular weight excluding hydrogens is 386 g/mol. The van der Waals surface area contributed by atoms with Crippen LogP contribution in [0.5, 0.6) is 17.2 Å². The van der Waals surface area contributed by atoms with Crippen LogP contribution in [0.4, 0.5) is 17.5 Å². The number of rotatable bonds is 10. The molecule has 2 N–H and O–H groups in total. The van der Waals surface area contributed by atoms with Crippen molar-refractivity contribution in [2.75, 3.05) is 51.6 Å². The highest BCUT2D eigenvalue weighted by atomic mass is 16.5. The van der Waals surface area contributed by atoms with Crippen molar-refractivity contribution in [1.82, 2.24) is 14.9 Å². The second-order valence-corrected chi connectivity index (χ2v) is 7.02. The third-order valence-electron chi connectivity index (χ3n) is 4.86. The summed E-state index contributed by atoms with van der Waals surface area (Å²) in [5, 5.41) is 6.51. The molecule has 1 aromatic heterocycles. The van der Waals surface area contributed by atoms with Gasteiger partial charge in [0, 0.05) is 55.6 Å². The van der Waals surface area contributed by atoms with Crippen LogP contribution in [0.3, 0.4) is 0 Å². The summed E-state index contributed by atoms with van der Waals surface area (Å²) in [5.74, 6) is 3.05. The van der Waals surface area contributed by atoms with Gasteiger partial charge in [0.1, 0.15) is 5.82 Å². The highest BCUT2D eigenvalue weighted by molar-refractivity contribution is 5.78. The number of nitrogens with one attached hydrogen (secondary N) is 2. The van der Waals surface area contributed by atoms with E-state index < -0.39 is 0 Å². The summed E-state index contributed by atoms with van der Waals surface area (Å²) in [4.78, 5) is 22.6. The number of benzene rings is 1. The first kappa shape index (κ1) is 21.5. The standard InChI is InChI=1S/C21H29N5O4/c1-14-11-18(22-8-6-10-26-9-5-7-19(26)27)25-21(23-14)24-15-12-16(28-2)20(30-4)17(13-15)29-3/h11-13H,5-10H2,1-4H3,(H2,22,23,24,25). The first-order valence-electron chi connectivity index (χ1n) is 9.98. The fourth-order valence-electron chi connectivity index (χ4n) is 3.42. The largest absolute Gasteiger partial charge is 0.493 e. The Morgan fingerprint density at radius 2 is 1.80 bits per heavy atom. The Morgan fingerprint density at radius 1 is 1.07 bits per heavy atom. The van der Waals surface area contributed by atoms with Gasteiger partial charge in [0.25, 0.3) is 0 Å². The number of hydrogen-bond donors (Lipinski definition) is 2. The minimum atomic E-state index is 0.254. The van der Waals surface area contributed by atoms with Gasteiger partial charge in [0.15, 0.2) is 11.5 Å². The van der Waals surface area contributed by atoms with Crippen LogP contribution in [-0.2, 0) is 4.79 Å². The first-order chi connectivity index (χ1) is 14.5. The number of hydrogen-bond acceptors (Lipinski definition) is 8. The summed E-state index contributed by atoms with van der Waals surface area (Å²) in [6.45, 7) is 4.28. The van der Waals surface area contributed by atoms with E-state index in [1.807, 2.05) is 17.9 Å². The number of anilines is 3. The number of ether oxygens (including phenoxy) is 3. The molecule has 1 fully saturated rings. The van der Waals surface area contributed by atoms with Gasteiger partial charge in [0.05, 0.1) is 21.3 Å². The van der Waals surface area contributed by atoms with Crippen LogP contribution in [0.1, 0.15) is 25.0 Å². The van der Waals surface area contributed by atoms with Crippen LogP contribution < -0.4 is 24.8 Å². The van der Waals surface area contributed by atoms with E-state index in [0.717, 1.165) is 44.0 Å². The highest BCUT2D eigenvalue weighted by Crippen LogP contribution is 2.40. The summed E-state index contributed by atoms with van der Waals surface area (Å²) in [6, 6.07) is 5.49. The van der Waals surface area contributed by atoms with Gasteiger partial charge in [-0.1, -0.05) is 0 Å². The molecule has 0 spiro atoms. The lowest BCUT2D eigenvalue weighted by molar-refractivity contribution is -0.127. The molecule has 0 bridgehead atoms. The monoisotopic (exact) mass is 415 g/mol. The van der Waals surface area contributed by atoms with Gasteiger partial charge in [-0.2, -0.15) is 4.98 Å². The second kappa shape index (κ2) is 10.00. The third-order valence-corrected chi connectivity index (χ3v) is 4.86. The van der Waals surface area contributed by atoms with E-state index >= 15 is 0 Å². The zero-order valence-electron chi connectivity index (χ0n) is 17.9. The molecule has 3 rings (SSSR count). The summed E-state index contributed by atoms with van der Waals surface area (Å²) in [6.07, 6.45) is 2.51. The van der Waals surface area contributed by atoms with Crippen molar-refractivity contribution in [3.8, 4) is 17.2 Å². The maximum absolute atomic E-state index is 11.7. The van der Waals surface area contributed by atoms with Crippen LogP contribution in [0, 0.1) is 6.92 Å². The predicted octanol–water partition coefficient (Wildman–Crippen LogP) is 2.98. The molecule has 30 heavy (non-hydrogen) atoms. The summed E-state index contributed by atoms with van der Waals surface area (Å²) in [5.41, 5.74) is 1.55. The Bertz CT molecular complexity index is 865. The molecule has 2 heterocycles. The molecular formula is C21H29N5O4. The van der Waals surface area contributed by atoms with Gasteiger partial charge in [-0.3, -0.25) is 4.79 Å². The van der Waals surface area contributed by atoms with E-state index in [1.165, 1.54) is 0 Å². The summed E-state index contributed by atoms with van der Waals surface area (Å²) in [7, 11) is 4.71. The molecule has 1 amide bonds. The first-order valence-corrected chi connectivity index (χ1v) is 9.98. The molecule has 2 aromatic rings. The second-order valence-electron chi connectivity index (χ2n) is 7.02. The molecule has 1 aliphatic heterocycles. The molecule has 1 saturated heterocycles. The third kappa shape index (κ3) is 5.22. The molecule has 0 unspecified atom stereocenters. The van der Waals surface area contributed by atoms with Gasteiger partial charge in [-0.25, -0.2) is 4.98 Å². The van der Waals surface area contributed by atoms with Crippen molar-refractivity contribution in [2.45, 2.75) is 26.2 Å². The quantitative estimate of drug-likeness (QED) is 0.572. The van der Waals surface area contributed by atoms with Crippen LogP contribution in [0.15, 0.2) is 18.2 Å². The van der Waals surface area contributed by atoms with E-state index in [0.29, 0.717) is 35.3 Å². The number of nitrogens with zero attached hydrogens (tertiary/aromatic N) is 3. The fraction of sp³-hybridized carbons (Fsp3) is 0.476. The smallest absolute Gasteiger partial charge is 0.229 e. The lowest BCUT2D eigenvalue weighted by atomic mass is 10.2. The van der Waals surface area contributed by atoms with E-state index in [2.05, 4.69) is 20.6 Å². The SMILES string of the molecule is COc1cc(Nc2nc(C)cc(NCCCN3CCCC3=O)n2)cc(OC)c1OC. The van der Waals surface area contributed by atoms with Gasteiger partial charge in [-0.15, -0.1) is 0 Å². The Kier molecular flexibility index (Phi) is 7.16. The highest BCUT2D eigenvalue weighted by Gasteiger charge is 2.19. The average molecular weight is 415 g/mol. The number of aromatic nitrogens is 2. The van der Waals surface area contributed by atoms with E-state index in [9.17, 15) is 4.79 Å². The average Bonchev–Trinajstić information content (AvgIpc) is 3.14. The van der Waals surface area contributed by atoms with Crippen LogP contribution in [-0.4, -0.2) is 61.7 Å². The minimum Gasteiger partial charge on any atom is -0.493 e. The Hall–Kier alpha value is -3.23. The molecule has 0 aliphatic carbocycles. The number of amides is 1. The molecule has 162 valence electrons. The maximum Gasteiger partial charge on any atom is 0.229 e. The van der Waals surface area contributed by atoms with Crippen LogP contribution in [0.25, 0.3) is 0 Å². The zero-order valence-corrected chi connectivity index (χ0v) is 17.9. The topological polar surface area (TPSA) is 97.8 Å². The van der Waals surface area contributed by atoms with Crippen molar-refractivity contribution in [1.29, 1.82) is 0 Å². The Balaban J connectivity index is 1.65. The number of methoxy groups -OCH3 is 3. The number of carbonyl (C=O) groups excluding carboxylic acids is 1. The van der Waals surface area contributed by atoms with E-state index in [1.54, 1.807) is 33.5 Å². The lowest BCUT2D eigenvalue weighted by Gasteiger charge is -2.16. The van der Waals surface area contributed by atoms with Crippen molar-refractivity contribution >= 4 is 23.4 Å². The molecule has 9 nitrogen and oxygen atoms in total. The summed E-state index contributed by atoms with van der Waals surface area (Å²) >= 11 is 0. The lowest BCUT2D eigenvalue weighted by Crippen LogP contribution is -2.27. The Morgan fingerprint density at radius 3 is 2.40 bits per heavy atom. The van der Waals surface area contributed by atoms with Gasteiger partial charge in [0.2, 0.25) is 17.6 Å². The zero-order chi connectivity index (χ0) is 21.5.